The molecule has 10 nitrogen and oxygen atoms in total. The number of nitrogens with zero attached hydrogens (tertiary/aromatic N) is 5. The number of carbonyl (C=O) groups is 2. The summed E-state index contributed by atoms with van der Waals surface area (Å²) in [6, 6.07) is 15.4. The Hall–Kier alpha value is -4.77. The third-order valence-electron chi connectivity index (χ3n) is 8.79. The molecule has 2 amide bonds. The molecule has 3 N–H and O–H groups in total. The van der Waals surface area contributed by atoms with E-state index in [1.165, 1.54) is 24.7 Å². The quantitative estimate of drug-likeness (QED) is 0.264. The minimum Gasteiger partial charge on any atom is -0.494 e. The molecular weight excluding hydrogens is 573 g/mol. The van der Waals surface area contributed by atoms with E-state index in [2.05, 4.69) is 39.1 Å². The Labute approximate surface area is 260 Å². The van der Waals surface area contributed by atoms with Gasteiger partial charge in [-0.3, -0.25) is 9.59 Å². The van der Waals surface area contributed by atoms with Crippen LogP contribution in [0.1, 0.15) is 36.5 Å². The molecule has 1 aliphatic carbocycles. The highest BCUT2D eigenvalue weighted by Crippen LogP contribution is 2.39. The average Bonchev–Trinajstić information content (AvgIpc) is 3.69. The van der Waals surface area contributed by atoms with Gasteiger partial charge in [0, 0.05) is 61.3 Å². The number of fused-ring (bicyclic) bond motifs is 2. The molecule has 3 aromatic heterocycles. The van der Waals surface area contributed by atoms with Crippen LogP contribution in [-0.4, -0.2) is 68.2 Å². The van der Waals surface area contributed by atoms with Crippen LogP contribution in [0.25, 0.3) is 44.6 Å². The zero-order valence-corrected chi connectivity index (χ0v) is 25.6. The van der Waals surface area contributed by atoms with Crippen molar-refractivity contribution < 1.29 is 18.7 Å². The van der Waals surface area contributed by atoms with Crippen molar-refractivity contribution in [1.82, 2.24) is 24.0 Å². The molecule has 0 radical (unpaired) electrons. The number of methoxy groups -OCH3 is 1. The number of benzene rings is 2. The Morgan fingerprint density at radius 2 is 1.89 bits per heavy atom. The summed E-state index contributed by atoms with van der Waals surface area (Å²) in [6.07, 6.45) is 3.26. The van der Waals surface area contributed by atoms with Crippen LogP contribution in [0.5, 0.6) is 5.75 Å². The lowest BCUT2D eigenvalue weighted by Gasteiger charge is -2.33. The Bertz CT molecular complexity index is 1930. The first-order chi connectivity index (χ1) is 21.7. The number of piperidine rings is 1. The van der Waals surface area contributed by atoms with Gasteiger partial charge in [-0.15, -0.1) is 0 Å². The van der Waals surface area contributed by atoms with Crippen molar-refractivity contribution in [2.45, 2.75) is 44.9 Å². The summed E-state index contributed by atoms with van der Waals surface area (Å²) in [7, 11) is 3.53. The minimum absolute atomic E-state index is 0.0269. The predicted octanol–water partition coefficient (Wildman–Crippen LogP) is 5.15. The van der Waals surface area contributed by atoms with E-state index < -0.39 is 12.2 Å². The summed E-state index contributed by atoms with van der Waals surface area (Å²) in [6.45, 7) is 2.67. The van der Waals surface area contributed by atoms with E-state index in [0.717, 1.165) is 45.6 Å². The zero-order chi connectivity index (χ0) is 31.4. The Morgan fingerprint density at radius 1 is 1.09 bits per heavy atom. The maximum Gasteiger partial charge on any atom is 0.254 e. The highest BCUT2D eigenvalue weighted by Gasteiger charge is 2.30. The number of hydrogen-bond donors (Lipinski definition) is 2. The number of aryl methyl sites for hydroxylation is 1. The molecule has 2 aliphatic rings. The van der Waals surface area contributed by atoms with Gasteiger partial charge in [0.1, 0.15) is 23.3 Å². The molecular formula is C34H36FN7O3. The number of amides is 2. The van der Waals surface area contributed by atoms with Gasteiger partial charge in [-0.1, -0.05) is 12.1 Å². The van der Waals surface area contributed by atoms with Crippen LogP contribution < -0.4 is 15.8 Å². The summed E-state index contributed by atoms with van der Waals surface area (Å²) >= 11 is 0. The van der Waals surface area contributed by atoms with E-state index in [0.29, 0.717) is 35.1 Å². The molecule has 0 unspecified atom stereocenters. The summed E-state index contributed by atoms with van der Waals surface area (Å²) in [5.41, 5.74) is 11.9. The van der Waals surface area contributed by atoms with Gasteiger partial charge in [0.25, 0.3) is 5.91 Å². The second-order valence-corrected chi connectivity index (χ2v) is 12.3. The molecule has 1 saturated carbocycles. The van der Waals surface area contributed by atoms with Crippen molar-refractivity contribution in [3.8, 4) is 28.4 Å². The molecule has 2 atom stereocenters. The lowest BCUT2D eigenvalue weighted by molar-refractivity contribution is -0.114. The van der Waals surface area contributed by atoms with Gasteiger partial charge in [-0.2, -0.15) is 0 Å². The molecule has 1 saturated heterocycles. The number of anilines is 1. The van der Waals surface area contributed by atoms with Crippen molar-refractivity contribution in [3.63, 3.8) is 0 Å². The number of nitrogens with two attached hydrogens (primary N) is 1. The normalized spacial score (nSPS) is 18.5. The molecule has 2 fully saturated rings. The number of hydrogen-bond acceptors (Lipinski definition) is 6. The van der Waals surface area contributed by atoms with Gasteiger partial charge in [-0.25, -0.2) is 14.4 Å². The maximum absolute atomic E-state index is 14.3. The third-order valence-corrected chi connectivity index (χ3v) is 8.79. The first-order valence-corrected chi connectivity index (χ1v) is 15.3. The molecule has 2 aromatic carbocycles. The largest absolute Gasteiger partial charge is 0.494 e. The molecule has 45 heavy (non-hydrogen) atoms. The fraction of sp³-hybridized carbons (Fsp3) is 0.353. The average molecular weight is 610 g/mol. The van der Waals surface area contributed by atoms with Crippen LogP contribution in [0.2, 0.25) is 0 Å². The van der Waals surface area contributed by atoms with Gasteiger partial charge in [-0.05, 0) is 67.1 Å². The predicted molar refractivity (Wildman–Crippen MR) is 172 cm³/mol. The maximum atomic E-state index is 14.3. The van der Waals surface area contributed by atoms with Gasteiger partial charge in [0.2, 0.25) is 5.91 Å². The Balaban J connectivity index is 1.30. The summed E-state index contributed by atoms with van der Waals surface area (Å²) in [4.78, 5) is 35.8. The second-order valence-electron chi connectivity index (χ2n) is 12.3. The van der Waals surface area contributed by atoms with E-state index in [-0.39, 0.29) is 24.8 Å². The highest BCUT2D eigenvalue weighted by atomic mass is 19.1. The van der Waals surface area contributed by atoms with Crippen LogP contribution in [0.15, 0.2) is 54.7 Å². The number of halogens is 1. The summed E-state index contributed by atoms with van der Waals surface area (Å²) in [5.74, 6) is 1.96. The number of alkyl halides is 1. The topological polar surface area (TPSA) is 120 Å². The summed E-state index contributed by atoms with van der Waals surface area (Å²) in [5, 5.41) is 3.80. The third kappa shape index (κ3) is 5.52. The molecule has 0 spiro atoms. The van der Waals surface area contributed by atoms with Crippen molar-refractivity contribution >= 4 is 39.6 Å². The molecule has 4 heterocycles. The molecule has 232 valence electrons. The zero-order valence-electron chi connectivity index (χ0n) is 25.6. The van der Waals surface area contributed by atoms with Gasteiger partial charge >= 0.3 is 0 Å². The second kappa shape index (κ2) is 11.3. The van der Waals surface area contributed by atoms with Gasteiger partial charge in [0.15, 0.2) is 5.82 Å². The number of imidazole rings is 1. The molecule has 11 heteroatoms. The molecule has 7 rings (SSSR count). The van der Waals surface area contributed by atoms with E-state index >= 15 is 0 Å². The standard InChI is InChI=1S/C34H36FN7O3/c1-19(43)38-31-9-8-23(15-37-31)21-6-7-22-12-29(42(28(22)11-21)16-20-4-5-20)33-39-27-10-24(13-30(45-3)32(27)40(33)2)34(44)41-17-25(35)14-26(36)18-41/h6-13,15,20,25-26H,4-5,14,16-18,36H2,1-3H3,(H,37,38,43)/t25-,26-/m1/s1. The van der Waals surface area contributed by atoms with Gasteiger partial charge in [0.05, 0.1) is 24.9 Å². The van der Waals surface area contributed by atoms with Gasteiger partial charge < -0.3 is 29.8 Å². The van der Waals surface area contributed by atoms with Crippen LogP contribution >= 0.6 is 0 Å². The lowest BCUT2D eigenvalue weighted by Crippen LogP contribution is -2.50. The van der Waals surface area contributed by atoms with Crippen molar-refractivity contribution in [2.24, 2.45) is 18.7 Å². The number of aromatic nitrogens is 4. The first kappa shape index (κ1) is 29.0. The highest BCUT2D eigenvalue weighted by molar-refractivity contribution is 6.00. The fourth-order valence-corrected chi connectivity index (χ4v) is 6.43. The minimum atomic E-state index is -1.14. The van der Waals surface area contributed by atoms with Crippen LogP contribution in [-0.2, 0) is 18.4 Å². The van der Waals surface area contributed by atoms with Crippen molar-refractivity contribution in [2.75, 3.05) is 25.5 Å². The number of ether oxygens (including phenoxy) is 1. The first-order valence-electron chi connectivity index (χ1n) is 15.3. The van der Waals surface area contributed by atoms with E-state index in [4.69, 9.17) is 15.5 Å². The number of rotatable bonds is 7. The SMILES string of the molecule is COc1cc(C(=O)N2C[C@H](N)C[C@@H](F)C2)cc2nc(-c3cc4ccc(-c5ccc(NC(C)=O)nc5)cc4n3CC3CC3)n(C)c12. The Kier molecular flexibility index (Phi) is 7.27. The molecule has 5 aromatic rings. The fourth-order valence-electron chi connectivity index (χ4n) is 6.43. The lowest BCUT2D eigenvalue weighted by atomic mass is 10.0. The monoisotopic (exact) mass is 609 g/mol. The van der Waals surface area contributed by atoms with Crippen LogP contribution in [0, 0.1) is 5.92 Å². The summed E-state index contributed by atoms with van der Waals surface area (Å²) < 4.78 is 24.4. The van der Waals surface area contributed by atoms with Crippen LogP contribution in [0.3, 0.4) is 0 Å². The smallest absolute Gasteiger partial charge is 0.254 e. The number of pyridine rings is 1. The number of carbonyl (C=O) groups excluding carboxylic acids is 2. The molecule has 1 aliphatic heterocycles. The van der Waals surface area contributed by atoms with Crippen molar-refractivity contribution in [3.05, 3.63) is 60.3 Å². The van der Waals surface area contributed by atoms with E-state index in [1.54, 1.807) is 31.5 Å². The Morgan fingerprint density at radius 3 is 2.58 bits per heavy atom. The van der Waals surface area contributed by atoms with Crippen molar-refractivity contribution in [1.29, 1.82) is 0 Å². The number of likely N-dealkylation sites (tertiary alicyclic amines) is 1. The van der Waals surface area contributed by atoms with Crippen LogP contribution in [0.4, 0.5) is 10.2 Å². The number of nitrogens with one attached hydrogen (secondary N) is 1. The molecule has 0 bridgehead atoms. The van der Waals surface area contributed by atoms with E-state index in [9.17, 15) is 14.0 Å². The van der Waals surface area contributed by atoms with E-state index in [1.807, 2.05) is 17.7 Å².